The van der Waals surface area contributed by atoms with Crippen LogP contribution in [0.1, 0.15) is 65.2 Å². The van der Waals surface area contributed by atoms with Crippen LogP contribution >= 0.6 is 0 Å². The first-order valence-electron chi connectivity index (χ1n) is 14.9. The lowest BCUT2D eigenvalue weighted by molar-refractivity contribution is -0.139. The Balaban J connectivity index is 1.65. The molecular formula is C33H34F6N4O6. The van der Waals surface area contributed by atoms with E-state index in [0.717, 1.165) is 34.8 Å². The summed E-state index contributed by atoms with van der Waals surface area (Å²) in [6.45, 7) is 8.70. The van der Waals surface area contributed by atoms with Gasteiger partial charge in [0.1, 0.15) is 34.9 Å². The van der Waals surface area contributed by atoms with E-state index in [1.807, 2.05) is 0 Å². The molecule has 264 valence electrons. The first-order chi connectivity index (χ1) is 22.6. The molecule has 0 aliphatic rings. The molecule has 2 amide bonds. The first kappa shape index (κ1) is 37.0. The van der Waals surface area contributed by atoms with E-state index in [2.05, 4.69) is 10.1 Å². The second-order valence-electron chi connectivity index (χ2n) is 12.9. The number of amides is 2. The van der Waals surface area contributed by atoms with Crippen LogP contribution in [0.15, 0.2) is 54.7 Å². The zero-order valence-corrected chi connectivity index (χ0v) is 27.3. The Morgan fingerprint density at radius 1 is 0.918 bits per heavy atom. The summed E-state index contributed by atoms with van der Waals surface area (Å²) in [5.41, 5.74) is -3.84. The monoisotopic (exact) mass is 696 g/mol. The van der Waals surface area contributed by atoms with Crippen molar-refractivity contribution in [3.8, 4) is 16.9 Å². The van der Waals surface area contributed by atoms with Crippen LogP contribution in [0.25, 0.3) is 16.8 Å². The molecule has 2 unspecified atom stereocenters. The van der Waals surface area contributed by atoms with E-state index < -0.39 is 83.8 Å². The fraction of sp³-hybridized carbons (Fsp3) is 0.394. The van der Waals surface area contributed by atoms with Crippen LogP contribution in [-0.4, -0.2) is 55.9 Å². The quantitative estimate of drug-likeness (QED) is 0.183. The van der Waals surface area contributed by atoms with Crippen LogP contribution in [0, 0.1) is 11.6 Å². The number of carbonyl (C=O) groups excluding carboxylic acids is 2. The Kier molecular flexibility index (Phi) is 10.5. The molecule has 1 N–H and O–H groups in total. The normalized spacial score (nSPS) is 13.6. The van der Waals surface area contributed by atoms with Gasteiger partial charge in [0.25, 0.3) is 5.95 Å². The molecule has 0 bridgehead atoms. The molecule has 16 heteroatoms. The molecule has 10 nitrogen and oxygen atoms in total. The number of hydrogen-bond acceptors (Lipinski definition) is 8. The second-order valence-corrected chi connectivity index (χ2v) is 12.9. The summed E-state index contributed by atoms with van der Waals surface area (Å²) in [4.78, 5) is 30.7. The zero-order chi connectivity index (χ0) is 36.5. The van der Waals surface area contributed by atoms with Crippen molar-refractivity contribution in [3.63, 3.8) is 0 Å². The summed E-state index contributed by atoms with van der Waals surface area (Å²) in [6, 6.07) is 8.33. The number of imide groups is 1. The largest absolute Gasteiger partial charge is 0.490 e. The van der Waals surface area contributed by atoms with E-state index in [9.17, 15) is 36.6 Å². The fourth-order valence-corrected chi connectivity index (χ4v) is 4.43. The number of hydrogen-bond donors (Lipinski definition) is 1. The van der Waals surface area contributed by atoms with Crippen LogP contribution in [0.5, 0.6) is 5.75 Å². The number of pyridine rings is 1. The number of aliphatic hydroxyl groups is 1. The van der Waals surface area contributed by atoms with Gasteiger partial charge in [-0.25, -0.2) is 27.3 Å². The zero-order valence-electron chi connectivity index (χ0n) is 27.3. The minimum absolute atomic E-state index is 0.0127. The van der Waals surface area contributed by atoms with Crippen molar-refractivity contribution in [1.29, 1.82) is 0 Å². The molecule has 0 fully saturated rings. The number of nitrogens with zero attached hydrogens (tertiary/aromatic N) is 4. The molecule has 2 aromatic heterocycles. The van der Waals surface area contributed by atoms with E-state index in [1.54, 1.807) is 41.5 Å². The molecule has 49 heavy (non-hydrogen) atoms. The molecule has 0 aliphatic heterocycles. The number of aromatic nitrogens is 3. The molecule has 0 spiro atoms. The lowest BCUT2D eigenvalue weighted by Crippen LogP contribution is -2.44. The molecule has 2 heterocycles. The van der Waals surface area contributed by atoms with Gasteiger partial charge in [0.2, 0.25) is 0 Å². The highest BCUT2D eigenvalue weighted by Crippen LogP contribution is 2.41. The Labute approximate surface area is 277 Å². The van der Waals surface area contributed by atoms with Crippen molar-refractivity contribution in [2.45, 2.75) is 77.6 Å². The van der Waals surface area contributed by atoms with Gasteiger partial charge in [-0.05, 0) is 83.0 Å². The smallest absolute Gasteiger partial charge is 0.427 e. The van der Waals surface area contributed by atoms with Crippen molar-refractivity contribution in [3.05, 3.63) is 77.5 Å². The highest BCUT2D eigenvalue weighted by atomic mass is 19.4. The SMILES string of the molecule is CC(C)(C)OC(=O)N(C(=O)OC(C)(C)C)c1nc2cc(-c3ccc(C(F)(F)F)c(OCCC(F)C(O)c4ccc(F)cc4)c3F)ccn2n1. The molecule has 0 saturated heterocycles. The van der Waals surface area contributed by atoms with E-state index >= 15 is 4.39 Å². The Hall–Kier alpha value is -4.86. The summed E-state index contributed by atoms with van der Waals surface area (Å²) in [7, 11) is 0. The number of anilines is 1. The molecule has 2 atom stereocenters. The summed E-state index contributed by atoms with van der Waals surface area (Å²) in [6.07, 6.45) is -10.5. The maximum absolute atomic E-state index is 15.8. The van der Waals surface area contributed by atoms with Gasteiger partial charge in [0.15, 0.2) is 17.2 Å². The van der Waals surface area contributed by atoms with Crippen molar-refractivity contribution in [1.82, 2.24) is 14.6 Å². The predicted octanol–water partition coefficient (Wildman–Crippen LogP) is 8.21. The third kappa shape index (κ3) is 9.19. The average molecular weight is 697 g/mol. The van der Waals surface area contributed by atoms with Gasteiger partial charge in [-0.2, -0.15) is 18.2 Å². The van der Waals surface area contributed by atoms with Gasteiger partial charge < -0.3 is 19.3 Å². The third-order valence-electron chi connectivity index (χ3n) is 6.59. The highest BCUT2D eigenvalue weighted by Gasteiger charge is 2.38. The summed E-state index contributed by atoms with van der Waals surface area (Å²) >= 11 is 0. The minimum Gasteiger partial charge on any atom is -0.490 e. The van der Waals surface area contributed by atoms with Gasteiger partial charge in [-0.15, -0.1) is 10.00 Å². The number of rotatable bonds is 8. The van der Waals surface area contributed by atoms with Gasteiger partial charge in [0.05, 0.1) is 6.61 Å². The molecule has 2 aromatic carbocycles. The fourth-order valence-electron chi connectivity index (χ4n) is 4.43. The van der Waals surface area contributed by atoms with Crippen LogP contribution in [0.4, 0.5) is 41.9 Å². The van der Waals surface area contributed by atoms with E-state index in [1.165, 1.54) is 18.3 Å². The standard InChI is InChI=1S/C33H34F6N4O6/c1-31(2,3)48-29(45)43(30(46)49-32(4,5)6)28-40-24-17-19(13-15-42(24)41-28)21-11-12-22(33(37,38)39)27(25(21)36)47-16-14-23(35)26(44)18-7-9-20(34)10-8-18/h7-13,15,17,23,26,44H,14,16H2,1-6H3. The van der Waals surface area contributed by atoms with E-state index in [4.69, 9.17) is 14.2 Å². The number of aliphatic hydroxyl groups excluding tert-OH is 1. The molecule has 4 rings (SSSR count). The van der Waals surface area contributed by atoms with E-state index in [-0.39, 0.29) is 22.3 Å². The molecule has 0 aliphatic carbocycles. The molecular weight excluding hydrogens is 662 g/mol. The Morgan fingerprint density at radius 2 is 1.51 bits per heavy atom. The Morgan fingerprint density at radius 3 is 2.06 bits per heavy atom. The number of ether oxygens (including phenoxy) is 3. The van der Waals surface area contributed by atoms with Crippen LogP contribution < -0.4 is 9.64 Å². The minimum atomic E-state index is -5.05. The van der Waals surface area contributed by atoms with Gasteiger partial charge in [0, 0.05) is 18.2 Å². The van der Waals surface area contributed by atoms with Gasteiger partial charge >= 0.3 is 18.4 Å². The first-order valence-corrected chi connectivity index (χ1v) is 14.9. The maximum atomic E-state index is 15.8. The molecule has 4 aromatic rings. The predicted molar refractivity (Wildman–Crippen MR) is 165 cm³/mol. The average Bonchev–Trinajstić information content (AvgIpc) is 3.38. The lowest BCUT2D eigenvalue weighted by atomic mass is 10.0. The van der Waals surface area contributed by atoms with Crippen LogP contribution in [0.3, 0.4) is 0 Å². The van der Waals surface area contributed by atoms with Crippen LogP contribution in [-0.2, 0) is 15.7 Å². The number of benzene rings is 2. The molecule has 0 radical (unpaired) electrons. The van der Waals surface area contributed by atoms with Crippen molar-refractivity contribution < 1.29 is 55.2 Å². The Bertz CT molecular complexity index is 1790. The molecule has 0 saturated carbocycles. The van der Waals surface area contributed by atoms with Crippen molar-refractivity contribution >= 4 is 23.8 Å². The summed E-state index contributed by atoms with van der Waals surface area (Å²) < 4.78 is 102. The van der Waals surface area contributed by atoms with Crippen LogP contribution in [0.2, 0.25) is 0 Å². The highest BCUT2D eigenvalue weighted by molar-refractivity contribution is 6.08. The van der Waals surface area contributed by atoms with Gasteiger partial charge in [-0.1, -0.05) is 18.2 Å². The number of fused-ring (bicyclic) bond motifs is 1. The van der Waals surface area contributed by atoms with E-state index in [0.29, 0.717) is 11.0 Å². The number of halogens is 6. The van der Waals surface area contributed by atoms with Crippen molar-refractivity contribution in [2.24, 2.45) is 0 Å². The number of alkyl halides is 4. The lowest BCUT2D eigenvalue weighted by Gasteiger charge is -2.26. The maximum Gasteiger partial charge on any atom is 0.427 e. The summed E-state index contributed by atoms with van der Waals surface area (Å²) in [5.74, 6) is -3.69. The summed E-state index contributed by atoms with van der Waals surface area (Å²) in [5, 5.41) is 14.3. The van der Waals surface area contributed by atoms with Gasteiger partial charge in [-0.3, -0.25) is 0 Å². The topological polar surface area (TPSA) is 115 Å². The van der Waals surface area contributed by atoms with Crippen molar-refractivity contribution in [2.75, 3.05) is 11.5 Å². The third-order valence-corrected chi connectivity index (χ3v) is 6.59. The number of carbonyl (C=O) groups is 2. The second kappa shape index (κ2) is 13.9.